The van der Waals surface area contributed by atoms with Gasteiger partial charge in [0.15, 0.2) is 32.5 Å². The number of Topliss-reactive ketones (excluding diaryl/α,β-unsaturated/α-hetero) is 1. The van der Waals surface area contributed by atoms with Gasteiger partial charge in [-0.2, -0.15) is 0 Å². The second-order valence-corrected chi connectivity index (χ2v) is 33.0. The van der Waals surface area contributed by atoms with E-state index in [0.717, 1.165) is 12.8 Å². The number of ketones is 1. The van der Waals surface area contributed by atoms with Crippen molar-refractivity contribution in [3.05, 3.63) is 185 Å². The molecule has 1 unspecified atom stereocenters. The summed E-state index contributed by atoms with van der Waals surface area (Å²) in [6, 6.07) is 11.2. The van der Waals surface area contributed by atoms with Crippen molar-refractivity contribution < 1.29 is 86.1 Å². The Bertz CT molecular complexity index is 4660. The quantitative estimate of drug-likeness (QED) is 0.0139. The fourth-order valence-corrected chi connectivity index (χ4v) is 17.4. The Morgan fingerprint density at radius 2 is 1.07 bits per heavy atom. The molecule has 6 N–H and O–H groups in total. The minimum absolute atomic E-state index is 0.00105. The van der Waals surface area contributed by atoms with Crippen molar-refractivity contribution in [2.75, 3.05) is 93.0 Å². The average Bonchev–Trinajstić information content (AvgIpc) is 1.52. The summed E-state index contributed by atoms with van der Waals surface area (Å²) in [6.07, 6.45) is 7.12. The number of nitrogens with one attached hydrogen (secondary N) is 3. The summed E-state index contributed by atoms with van der Waals surface area (Å²) in [5.74, 6) is -4.29. The van der Waals surface area contributed by atoms with Crippen LogP contribution in [0.15, 0.2) is 147 Å². The van der Waals surface area contributed by atoms with Crippen LogP contribution in [-0.2, 0) is 62.0 Å². The van der Waals surface area contributed by atoms with E-state index in [1.807, 2.05) is 16.1 Å². The number of carboxylic acids is 3. The first-order valence-electron chi connectivity index (χ1n) is 37.0. The lowest BCUT2D eigenvalue weighted by Crippen LogP contribution is -2.55. The highest BCUT2D eigenvalue weighted by Gasteiger charge is 2.42. The van der Waals surface area contributed by atoms with Gasteiger partial charge in [-0.1, -0.05) is 94.0 Å². The molecule has 115 heavy (non-hydrogen) atoms. The van der Waals surface area contributed by atoms with Crippen molar-refractivity contribution in [2.24, 2.45) is 26.8 Å². The molecule has 3 aromatic carbocycles. The number of hydrogen-bond donors (Lipinski definition) is 6. The van der Waals surface area contributed by atoms with Crippen LogP contribution in [0.4, 0.5) is 8.78 Å². The minimum atomic E-state index is -1.15. The number of amidine groups is 3. The topological polar surface area (TPSA) is 357 Å². The predicted molar refractivity (Wildman–Crippen MR) is 436 cm³/mol. The van der Waals surface area contributed by atoms with E-state index in [1.54, 1.807) is 62.8 Å². The van der Waals surface area contributed by atoms with Gasteiger partial charge < -0.3 is 59.7 Å². The third kappa shape index (κ3) is 24.3. The number of hydrogen-bond acceptors (Lipinski definition) is 28. The molecule has 37 heteroatoms. The Morgan fingerprint density at radius 3 is 1.50 bits per heavy atom. The van der Waals surface area contributed by atoms with Crippen LogP contribution in [0.25, 0.3) is 0 Å². The van der Waals surface area contributed by atoms with E-state index < -0.39 is 72.0 Å². The minimum Gasteiger partial charge on any atom is -0.481 e. The lowest BCUT2D eigenvalue weighted by atomic mass is 9.91. The molecule has 3 aromatic heterocycles. The summed E-state index contributed by atoms with van der Waals surface area (Å²) in [4.78, 5) is 119. The molecule has 616 valence electrons. The molecule has 6 aliphatic heterocycles. The highest BCUT2D eigenvalue weighted by Crippen LogP contribution is 2.42. The molecule has 28 nitrogen and oxygen atoms in total. The van der Waals surface area contributed by atoms with Gasteiger partial charge in [-0.3, -0.25) is 48.9 Å². The first kappa shape index (κ1) is 89.2. The third-order valence-corrected chi connectivity index (χ3v) is 23.7. The Morgan fingerprint density at radius 1 is 0.600 bits per heavy atom. The van der Waals surface area contributed by atoms with E-state index in [0.29, 0.717) is 193 Å². The zero-order valence-corrected chi connectivity index (χ0v) is 70.8. The number of morpholine rings is 3. The zero-order valence-electron chi connectivity index (χ0n) is 63.7. The number of carbonyl (C=O) groups is 7. The molecule has 6 aromatic rings. The molecule has 3 saturated heterocycles. The van der Waals surface area contributed by atoms with Crippen LogP contribution in [-0.4, -0.2) is 221 Å². The number of ether oxygens (including phenoxy) is 6. The molecule has 0 saturated carbocycles. The van der Waals surface area contributed by atoms with Gasteiger partial charge in [-0.15, -0.1) is 34.0 Å². The number of aliphatic imine (C=N–C) groups is 3. The molecular formula is C78H88Br2Cl2F2N12O16S3. The fraction of sp³-hybridized carbons (Fsp3) is 0.449. The molecule has 8 atom stereocenters. The number of thiazole rings is 3. The molecule has 3 fully saturated rings. The molecule has 0 amide bonds. The van der Waals surface area contributed by atoms with Gasteiger partial charge in [0, 0.05) is 148 Å². The molecule has 0 spiro atoms. The van der Waals surface area contributed by atoms with Gasteiger partial charge in [0.1, 0.15) is 42.0 Å². The maximum atomic E-state index is 13.9. The van der Waals surface area contributed by atoms with Crippen molar-refractivity contribution in [3.8, 4) is 0 Å². The van der Waals surface area contributed by atoms with E-state index in [2.05, 4.69) is 91.3 Å². The lowest BCUT2D eigenvalue weighted by Gasteiger charge is -2.44. The molecule has 9 heterocycles. The van der Waals surface area contributed by atoms with Crippen molar-refractivity contribution in [1.29, 1.82) is 0 Å². The number of carboxylic acid groups (broad SMARTS) is 3. The van der Waals surface area contributed by atoms with Gasteiger partial charge in [0.2, 0.25) is 0 Å². The second kappa shape index (κ2) is 42.8. The molecule has 0 radical (unpaired) electrons. The van der Waals surface area contributed by atoms with E-state index >= 15 is 0 Å². The van der Waals surface area contributed by atoms with Crippen molar-refractivity contribution in [3.63, 3.8) is 0 Å². The van der Waals surface area contributed by atoms with Crippen LogP contribution in [0.3, 0.4) is 0 Å². The number of carbonyl (C=O) groups excluding carboxylic acids is 4. The van der Waals surface area contributed by atoms with Crippen LogP contribution >= 0.6 is 89.1 Å². The highest BCUT2D eigenvalue weighted by atomic mass is 79.9. The maximum absolute atomic E-state index is 13.9. The monoisotopic (exact) mass is 1810 g/mol. The number of methoxy groups -OCH3 is 2. The van der Waals surface area contributed by atoms with Crippen LogP contribution in [0.1, 0.15) is 129 Å². The van der Waals surface area contributed by atoms with Crippen LogP contribution < -0.4 is 16.0 Å². The molecule has 0 aliphatic carbocycles. The average molecular weight is 1810 g/mol. The van der Waals surface area contributed by atoms with Gasteiger partial charge in [0.25, 0.3) is 0 Å². The van der Waals surface area contributed by atoms with E-state index in [-0.39, 0.29) is 61.4 Å². The Kier molecular flexibility index (Phi) is 33.2. The second-order valence-electron chi connectivity index (χ2n) is 27.7. The van der Waals surface area contributed by atoms with E-state index in [4.69, 9.17) is 76.8 Å². The molecule has 6 aliphatic rings. The Balaban J connectivity index is 0.000000182. The molecule has 12 rings (SSSR count). The van der Waals surface area contributed by atoms with Crippen LogP contribution in [0.5, 0.6) is 0 Å². The van der Waals surface area contributed by atoms with Gasteiger partial charge in [-0.05, 0) is 92.5 Å². The lowest BCUT2D eigenvalue weighted by molar-refractivity contribution is -0.142. The maximum Gasteiger partial charge on any atom is 0.338 e. The largest absolute Gasteiger partial charge is 0.481 e. The SMILES string of the molecule is CCOC(=O)C1=C(CN2CCO[C@H](CCCC(C)C(=O)O)C2)NC(c2nccs2)=N[C@H]1c1ccc(Cl)cc1Cl.COC(=O)C1=C(CN2CCO[C@H](C(C)C)[C@H]2CCC(=O)O)NC(c2nccs2)=N[C@H]1c1ccc(F)cc1Br.COC(=O)C1=C(CN2CCO[C@H](CCC(=O)CC(=O)O)C2)NC(c2nccs2)=N[C@H]1c1ccc(F)cc1Br. The number of nitrogens with zero attached hydrogens (tertiary/aromatic N) is 9. The van der Waals surface area contributed by atoms with Gasteiger partial charge in [0.05, 0.1) is 81.6 Å². The summed E-state index contributed by atoms with van der Waals surface area (Å²) in [7, 11) is 2.60. The summed E-state index contributed by atoms with van der Waals surface area (Å²) >= 11 is 23.8. The smallest absolute Gasteiger partial charge is 0.338 e. The first-order chi connectivity index (χ1) is 55.2. The Labute approximate surface area is 701 Å². The standard InChI is InChI=1S/C27H32Cl2N4O5S.C26H30BrFN4O5S.C25H26BrFN4O6S/c1-3-37-27(36)22-21(15-33-10-11-38-18(14-33)6-4-5-16(2)26(34)35)31-24(25-30-9-12-39-25)32-23(22)19-8-7-17(28)13-20(19)29;1-14(2)23-19(6-7-20(33)34)32(9-10-37-23)13-18-21(26(35)36-3)22(16-5-4-15(28)12-17(16)27)31-24(30-18)25-29-8-11-38-25;1-36-25(35)21-19(13-31-7-8-37-16(12-31)4-3-15(32)11-20(33)34)29-23(24-28-6-9-38-24)30-22(21)17-5-2-14(27)10-18(17)26/h7-9,12-13,16,18,23H,3-6,10-11,14-15H2,1-2H3,(H,31,32)(H,34,35);4-5,8,11-12,14,19,22-23H,6-7,9-10,13H2,1-3H3,(H,30,31)(H,33,34);2,5-6,9-10,16,22H,3-4,7-8,11-13H2,1H3,(H,29,30)(H,33,34)/t16?,18-,23+;19-,22+,23-;16-,22+/m111/s1. The van der Waals surface area contributed by atoms with Crippen LogP contribution in [0.2, 0.25) is 10.0 Å². The number of esters is 3. The number of aromatic nitrogens is 3. The highest BCUT2D eigenvalue weighted by molar-refractivity contribution is 9.10. The summed E-state index contributed by atoms with van der Waals surface area (Å²) < 4.78 is 62.4. The molecule has 0 bridgehead atoms. The zero-order chi connectivity index (χ0) is 82.6. The Hall–Kier alpha value is -8.17. The van der Waals surface area contributed by atoms with Crippen molar-refractivity contribution >= 4 is 148 Å². The van der Waals surface area contributed by atoms with Crippen molar-refractivity contribution in [1.82, 2.24) is 45.6 Å². The first-order valence-corrected chi connectivity index (χ1v) is 42.0. The number of aliphatic carboxylic acids is 3. The summed E-state index contributed by atoms with van der Waals surface area (Å²) in [5, 5.41) is 45.7. The van der Waals surface area contributed by atoms with Gasteiger partial charge >= 0.3 is 35.8 Å². The van der Waals surface area contributed by atoms with Gasteiger partial charge in [-0.25, -0.2) is 38.1 Å². The summed E-state index contributed by atoms with van der Waals surface area (Å²) in [5.41, 5.74) is 4.63. The fourth-order valence-electron chi connectivity index (χ4n) is 13.9. The van der Waals surface area contributed by atoms with Crippen molar-refractivity contribution in [2.45, 2.75) is 122 Å². The number of rotatable bonds is 30. The molecular weight excluding hydrogens is 1730 g/mol. The van der Waals surface area contributed by atoms with Crippen LogP contribution in [0, 0.1) is 23.5 Å². The van der Waals surface area contributed by atoms with E-state index in [1.165, 1.54) is 72.5 Å². The predicted octanol–water partition coefficient (Wildman–Crippen LogP) is 12.2. The number of halogens is 6. The third-order valence-electron chi connectivity index (χ3n) is 19.5. The number of benzene rings is 3. The summed E-state index contributed by atoms with van der Waals surface area (Å²) in [6.45, 7) is 13.3. The normalized spacial score (nSPS) is 21.0. The van der Waals surface area contributed by atoms with E-state index in [9.17, 15) is 47.4 Å².